The van der Waals surface area contributed by atoms with Gasteiger partial charge in [-0.05, 0) is 72.8 Å². The lowest BCUT2D eigenvalue weighted by Gasteiger charge is -2.10. The highest BCUT2D eigenvalue weighted by Gasteiger charge is 2.18. The first kappa shape index (κ1) is 18.7. The molecule has 0 saturated carbocycles. The van der Waals surface area contributed by atoms with E-state index in [9.17, 15) is 4.39 Å². The van der Waals surface area contributed by atoms with E-state index in [0.29, 0.717) is 5.69 Å². The first-order chi connectivity index (χ1) is 15.3. The molecule has 0 spiro atoms. The Balaban J connectivity index is 1.55. The molecule has 0 atom stereocenters. The van der Waals surface area contributed by atoms with E-state index >= 15 is 0 Å². The topological polar surface area (TPSA) is 52.8 Å². The van der Waals surface area contributed by atoms with Gasteiger partial charge in [0.2, 0.25) is 0 Å². The summed E-state index contributed by atoms with van der Waals surface area (Å²) in [5, 5.41) is 8.78. The van der Waals surface area contributed by atoms with Crippen LogP contribution in [0.4, 0.5) is 4.39 Å². The summed E-state index contributed by atoms with van der Waals surface area (Å²) < 4.78 is 21.1. The molecule has 0 aliphatic carbocycles. The predicted molar refractivity (Wildman–Crippen MR) is 116 cm³/mol. The molecule has 5 aromatic rings. The average Bonchev–Trinajstić information content (AvgIpc) is 3.26. The molecule has 0 radical (unpaired) electrons. The van der Waals surface area contributed by atoms with Gasteiger partial charge in [0.05, 0.1) is 5.69 Å². The SMILES string of the molecule is Fc1ccc(-c2nnn(-c3ccc(Oc4ccccc4)cc3)c2-c2ccncc2)cc1. The monoisotopic (exact) mass is 408 g/mol. The quantitative estimate of drug-likeness (QED) is 0.362. The summed E-state index contributed by atoms with van der Waals surface area (Å²) in [4.78, 5) is 4.11. The average molecular weight is 408 g/mol. The van der Waals surface area contributed by atoms with Crippen LogP contribution in [0, 0.1) is 5.82 Å². The lowest BCUT2D eigenvalue weighted by Crippen LogP contribution is -2.00. The van der Waals surface area contributed by atoms with Crippen molar-refractivity contribution in [2.75, 3.05) is 0 Å². The summed E-state index contributed by atoms with van der Waals surface area (Å²) in [6.07, 6.45) is 3.44. The molecule has 6 heteroatoms. The lowest BCUT2D eigenvalue weighted by molar-refractivity contribution is 0.482. The van der Waals surface area contributed by atoms with Crippen molar-refractivity contribution in [3.63, 3.8) is 0 Å². The van der Waals surface area contributed by atoms with Crippen molar-refractivity contribution in [2.45, 2.75) is 0 Å². The zero-order chi connectivity index (χ0) is 21.0. The first-order valence-corrected chi connectivity index (χ1v) is 9.73. The number of hydrogen-bond acceptors (Lipinski definition) is 4. The fourth-order valence-electron chi connectivity index (χ4n) is 3.31. The zero-order valence-electron chi connectivity index (χ0n) is 16.4. The minimum absolute atomic E-state index is 0.296. The Labute approximate surface area is 178 Å². The third kappa shape index (κ3) is 3.91. The molecule has 3 aromatic carbocycles. The van der Waals surface area contributed by atoms with E-state index < -0.39 is 0 Å². The van der Waals surface area contributed by atoms with E-state index in [0.717, 1.165) is 34.0 Å². The highest BCUT2D eigenvalue weighted by Crippen LogP contribution is 2.32. The Bertz CT molecular complexity index is 1290. The number of nitrogens with zero attached hydrogens (tertiary/aromatic N) is 4. The Morgan fingerprint density at radius 3 is 2.06 bits per heavy atom. The molecule has 5 nitrogen and oxygen atoms in total. The molecule has 0 fully saturated rings. The molecular formula is C25H17FN4O. The third-order valence-electron chi connectivity index (χ3n) is 4.80. The fraction of sp³-hybridized carbons (Fsp3) is 0. The summed E-state index contributed by atoms with van der Waals surface area (Å²) in [6, 6.07) is 27.3. The van der Waals surface area contributed by atoms with Gasteiger partial charge < -0.3 is 4.74 Å². The smallest absolute Gasteiger partial charge is 0.127 e. The summed E-state index contributed by atoms with van der Waals surface area (Å²) in [5.41, 5.74) is 3.97. The summed E-state index contributed by atoms with van der Waals surface area (Å²) in [5.74, 6) is 1.20. The largest absolute Gasteiger partial charge is 0.457 e. The van der Waals surface area contributed by atoms with Crippen molar-refractivity contribution < 1.29 is 9.13 Å². The molecule has 0 N–H and O–H groups in total. The maximum atomic E-state index is 13.4. The molecule has 0 amide bonds. The van der Waals surface area contributed by atoms with Gasteiger partial charge >= 0.3 is 0 Å². The van der Waals surface area contributed by atoms with Gasteiger partial charge in [-0.2, -0.15) is 0 Å². The summed E-state index contributed by atoms with van der Waals surface area (Å²) >= 11 is 0. The highest BCUT2D eigenvalue weighted by molar-refractivity contribution is 5.79. The number of benzene rings is 3. The van der Waals surface area contributed by atoms with Gasteiger partial charge in [0.25, 0.3) is 0 Å². The van der Waals surface area contributed by atoms with Crippen LogP contribution in [0.5, 0.6) is 11.5 Å². The van der Waals surface area contributed by atoms with Crippen LogP contribution in [0.3, 0.4) is 0 Å². The van der Waals surface area contributed by atoms with Gasteiger partial charge in [-0.3, -0.25) is 4.98 Å². The fourth-order valence-corrected chi connectivity index (χ4v) is 3.31. The van der Waals surface area contributed by atoms with Crippen LogP contribution in [0.1, 0.15) is 0 Å². The molecule has 150 valence electrons. The van der Waals surface area contributed by atoms with Crippen LogP contribution in [-0.2, 0) is 0 Å². The number of hydrogen-bond donors (Lipinski definition) is 0. The normalized spacial score (nSPS) is 10.7. The van der Waals surface area contributed by atoms with Crippen LogP contribution < -0.4 is 4.74 Å². The van der Waals surface area contributed by atoms with Crippen LogP contribution in [-0.4, -0.2) is 20.0 Å². The standard InChI is InChI=1S/C25H17FN4O/c26-20-8-6-18(7-9-20)24-25(19-14-16-27-17-15-19)30(29-28-24)21-10-12-23(13-11-21)31-22-4-2-1-3-5-22/h1-17H. The van der Waals surface area contributed by atoms with E-state index in [4.69, 9.17) is 4.74 Å². The Hall–Kier alpha value is -4.32. The second-order valence-corrected chi connectivity index (χ2v) is 6.85. The Morgan fingerprint density at radius 1 is 0.677 bits per heavy atom. The minimum atomic E-state index is -0.296. The number of aromatic nitrogens is 4. The second kappa shape index (κ2) is 8.20. The number of pyridine rings is 1. The molecule has 0 bridgehead atoms. The molecular weight excluding hydrogens is 391 g/mol. The second-order valence-electron chi connectivity index (χ2n) is 6.85. The van der Waals surface area contributed by atoms with Gasteiger partial charge in [-0.1, -0.05) is 23.4 Å². The molecule has 2 heterocycles. The molecule has 0 aliphatic rings. The number of para-hydroxylation sites is 1. The van der Waals surface area contributed by atoms with Gasteiger partial charge in [-0.25, -0.2) is 9.07 Å². The lowest BCUT2D eigenvalue weighted by atomic mass is 10.1. The van der Waals surface area contributed by atoms with Crippen molar-refractivity contribution in [1.82, 2.24) is 20.0 Å². The Kier molecular flexibility index (Phi) is 4.94. The molecule has 0 unspecified atom stereocenters. The minimum Gasteiger partial charge on any atom is -0.457 e. The van der Waals surface area contributed by atoms with Crippen molar-refractivity contribution in [2.24, 2.45) is 0 Å². The van der Waals surface area contributed by atoms with Crippen LogP contribution in [0.2, 0.25) is 0 Å². The predicted octanol–water partition coefficient (Wildman–Crippen LogP) is 5.93. The van der Waals surface area contributed by atoms with E-state index in [2.05, 4.69) is 15.3 Å². The van der Waals surface area contributed by atoms with E-state index in [1.54, 1.807) is 29.2 Å². The van der Waals surface area contributed by atoms with Gasteiger partial charge in [0.15, 0.2) is 0 Å². The number of rotatable bonds is 5. The molecule has 31 heavy (non-hydrogen) atoms. The van der Waals surface area contributed by atoms with Crippen molar-refractivity contribution in [3.05, 3.63) is 109 Å². The van der Waals surface area contributed by atoms with E-state index in [-0.39, 0.29) is 5.82 Å². The molecule has 5 rings (SSSR count). The van der Waals surface area contributed by atoms with Crippen LogP contribution >= 0.6 is 0 Å². The van der Waals surface area contributed by atoms with Crippen molar-refractivity contribution >= 4 is 0 Å². The molecule has 0 aliphatic heterocycles. The Morgan fingerprint density at radius 2 is 1.35 bits per heavy atom. The van der Waals surface area contributed by atoms with Crippen molar-refractivity contribution in [3.8, 4) is 39.7 Å². The molecule has 2 aromatic heterocycles. The van der Waals surface area contributed by atoms with Gasteiger partial charge in [0.1, 0.15) is 28.7 Å². The van der Waals surface area contributed by atoms with Gasteiger partial charge in [-0.15, -0.1) is 5.10 Å². The maximum Gasteiger partial charge on any atom is 0.127 e. The first-order valence-electron chi connectivity index (χ1n) is 9.73. The van der Waals surface area contributed by atoms with Crippen LogP contribution in [0.15, 0.2) is 103 Å². The highest BCUT2D eigenvalue weighted by atomic mass is 19.1. The molecule has 0 saturated heterocycles. The maximum absolute atomic E-state index is 13.4. The van der Waals surface area contributed by atoms with Gasteiger partial charge in [0, 0.05) is 23.5 Å². The van der Waals surface area contributed by atoms with E-state index in [1.165, 1.54) is 12.1 Å². The number of ether oxygens (including phenoxy) is 1. The third-order valence-corrected chi connectivity index (χ3v) is 4.80. The summed E-state index contributed by atoms with van der Waals surface area (Å²) in [7, 11) is 0. The number of halogens is 1. The van der Waals surface area contributed by atoms with Crippen LogP contribution in [0.25, 0.3) is 28.2 Å². The van der Waals surface area contributed by atoms with Crippen molar-refractivity contribution in [1.29, 1.82) is 0 Å². The summed E-state index contributed by atoms with van der Waals surface area (Å²) in [6.45, 7) is 0. The van der Waals surface area contributed by atoms with E-state index in [1.807, 2.05) is 66.7 Å². The zero-order valence-corrected chi connectivity index (χ0v) is 16.4.